The molecule has 3 N–H and O–H groups in total. The summed E-state index contributed by atoms with van der Waals surface area (Å²) >= 11 is 0. The molecule has 25 heavy (non-hydrogen) atoms. The van der Waals surface area contributed by atoms with Crippen LogP contribution in [0.4, 0.5) is 0 Å². The normalized spacial score (nSPS) is 10.4. The Morgan fingerprint density at radius 2 is 1.28 bits per heavy atom. The quantitative estimate of drug-likeness (QED) is 0.237. The molecule has 9 heteroatoms. The molecule has 0 unspecified atom stereocenters. The molecule has 7 nitrogen and oxygen atoms in total. The van der Waals surface area contributed by atoms with E-state index < -0.39 is 30.3 Å². The Hall–Kier alpha value is 0.370. The number of hydrogen-bond donors (Lipinski definition) is 1. The summed E-state index contributed by atoms with van der Waals surface area (Å²) in [5.74, 6) is -3.60. The first kappa shape index (κ1) is 33.0. The van der Waals surface area contributed by atoms with Crippen molar-refractivity contribution >= 4 is 17.8 Å². The molecule has 0 fully saturated rings. The van der Waals surface area contributed by atoms with Gasteiger partial charge in [0.2, 0.25) is 5.91 Å². The van der Waals surface area contributed by atoms with E-state index in [9.17, 15) is 24.6 Å². The van der Waals surface area contributed by atoms with Crippen LogP contribution in [-0.4, -0.2) is 29.4 Å². The van der Waals surface area contributed by atoms with E-state index in [1.807, 2.05) is 0 Å². The molecule has 0 aromatic carbocycles. The van der Waals surface area contributed by atoms with Crippen LogP contribution >= 0.6 is 0 Å². The molecule has 0 aliphatic rings. The number of carboxylic acids is 2. The number of unbranched alkanes of at least 4 members (excludes halogenated alkanes) is 8. The SMILES string of the molecule is CCCCCCCCCCCC(=O)N[C@@H](CC(=O)[O-])C(=O)[O-].O.[Na+].[Na+]. The van der Waals surface area contributed by atoms with Crippen LogP contribution in [0.15, 0.2) is 0 Å². The molecule has 1 atom stereocenters. The molecule has 0 saturated carbocycles. The number of aliphatic carboxylic acids is 2. The van der Waals surface area contributed by atoms with Crippen LogP contribution in [0, 0.1) is 0 Å². The van der Waals surface area contributed by atoms with Gasteiger partial charge >= 0.3 is 59.1 Å². The molecule has 0 bridgehead atoms. The van der Waals surface area contributed by atoms with Crippen molar-refractivity contribution in [2.75, 3.05) is 0 Å². The molecule has 0 aliphatic carbocycles. The minimum Gasteiger partial charge on any atom is -0.550 e. The Morgan fingerprint density at radius 1 is 0.840 bits per heavy atom. The van der Waals surface area contributed by atoms with Gasteiger partial charge in [0.05, 0.1) is 12.0 Å². The Bertz CT molecular complexity index is 356. The summed E-state index contributed by atoms with van der Waals surface area (Å²) < 4.78 is 0. The zero-order valence-electron chi connectivity index (χ0n) is 15.9. The van der Waals surface area contributed by atoms with Crippen molar-refractivity contribution in [3.05, 3.63) is 0 Å². The largest absolute Gasteiger partial charge is 1.00 e. The van der Waals surface area contributed by atoms with Gasteiger partial charge in [0.1, 0.15) is 0 Å². The van der Waals surface area contributed by atoms with Gasteiger partial charge in [-0.3, -0.25) is 4.79 Å². The number of rotatable bonds is 14. The zero-order chi connectivity index (χ0) is 16.8. The maximum Gasteiger partial charge on any atom is 1.00 e. The summed E-state index contributed by atoms with van der Waals surface area (Å²) in [4.78, 5) is 32.6. The van der Waals surface area contributed by atoms with E-state index in [1.165, 1.54) is 32.1 Å². The van der Waals surface area contributed by atoms with Gasteiger partial charge in [-0.2, -0.15) is 0 Å². The summed E-state index contributed by atoms with van der Waals surface area (Å²) in [6.45, 7) is 2.18. The molecule has 136 valence electrons. The number of nitrogens with one attached hydrogen (secondary N) is 1. The van der Waals surface area contributed by atoms with Crippen molar-refractivity contribution in [1.29, 1.82) is 0 Å². The molecule has 0 spiro atoms. The van der Waals surface area contributed by atoms with Crippen molar-refractivity contribution in [2.24, 2.45) is 0 Å². The first-order valence-electron chi connectivity index (χ1n) is 8.17. The first-order valence-corrected chi connectivity index (χ1v) is 8.17. The Labute approximate surface area is 194 Å². The number of carboxylic acid groups (broad SMARTS) is 2. The van der Waals surface area contributed by atoms with E-state index in [-0.39, 0.29) is 71.0 Å². The summed E-state index contributed by atoms with van der Waals surface area (Å²) in [6.07, 6.45) is 9.49. The van der Waals surface area contributed by atoms with Gasteiger partial charge in [0.25, 0.3) is 0 Å². The van der Waals surface area contributed by atoms with Crippen molar-refractivity contribution in [2.45, 2.75) is 83.6 Å². The number of carbonyl (C=O) groups excluding carboxylic acids is 3. The molecule has 0 radical (unpaired) electrons. The van der Waals surface area contributed by atoms with Crippen LogP contribution in [0.2, 0.25) is 0 Å². The van der Waals surface area contributed by atoms with Crippen LogP contribution in [-0.2, 0) is 14.4 Å². The summed E-state index contributed by atoms with van der Waals surface area (Å²) in [5.41, 5.74) is 0. The summed E-state index contributed by atoms with van der Waals surface area (Å²) in [7, 11) is 0. The maximum atomic E-state index is 11.5. The van der Waals surface area contributed by atoms with E-state index in [1.54, 1.807) is 0 Å². The smallest absolute Gasteiger partial charge is 0.550 e. The molecule has 1 amide bonds. The van der Waals surface area contributed by atoms with Gasteiger partial charge in [-0.15, -0.1) is 0 Å². The van der Waals surface area contributed by atoms with E-state index >= 15 is 0 Å². The van der Waals surface area contributed by atoms with Gasteiger partial charge in [-0.05, 0) is 6.42 Å². The minimum absolute atomic E-state index is 0. The molecule has 0 aliphatic heterocycles. The Morgan fingerprint density at radius 3 is 1.68 bits per heavy atom. The Balaban J connectivity index is -0.000000735. The second kappa shape index (κ2) is 22.4. The molecule has 0 aromatic rings. The number of hydrogen-bond acceptors (Lipinski definition) is 5. The summed E-state index contributed by atoms with van der Waals surface area (Å²) in [6, 6.07) is -1.52. The van der Waals surface area contributed by atoms with E-state index in [4.69, 9.17) is 0 Å². The van der Waals surface area contributed by atoms with Crippen molar-refractivity contribution in [1.82, 2.24) is 5.32 Å². The number of amides is 1. The van der Waals surface area contributed by atoms with Crippen LogP contribution in [0.3, 0.4) is 0 Å². The fourth-order valence-corrected chi connectivity index (χ4v) is 2.22. The van der Waals surface area contributed by atoms with Gasteiger partial charge in [-0.1, -0.05) is 58.3 Å². The third-order valence-corrected chi connectivity index (χ3v) is 3.50. The number of carbonyl (C=O) groups is 3. The van der Waals surface area contributed by atoms with Crippen molar-refractivity contribution in [3.63, 3.8) is 0 Å². The molecule has 0 rings (SSSR count). The molecule has 0 heterocycles. The predicted molar refractivity (Wildman–Crippen MR) is 82.0 cm³/mol. The fourth-order valence-electron chi connectivity index (χ4n) is 2.22. The third-order valence-electron chi connectivity index (χ3n) is 3.50. The van der Waals surface area contributed by atoms with Gasteiger partial charge in [-0.25, -0.2) is 0 Å². The van der Waals surface area contributed by atoms with E-state index in [2.05, 4.69) is 12.2 Å². The van der Waals surface area contributed by atoms with Crippen LogP contribution in [0.1, 0.15) is 77.6 Å². The molecule has 0 aromatic heterocycles. The zero-order valence-corrected chi connectivity index (χ0v) is 19.9. The maximum absolute atomic E-state index is 11.5. The van der Waals surface area contributed by atoms with Gasteiger partial charge in [0.15, 0.2) is 0 Å². The van der Waals surface area contributed by atoms with Crippen LogP contribution in [0.25, 0.3) is 0 Å². The Kier molecular flexibility index (Phi) is 29.6. The fraction of sp³-hybridized carbons (Fsp3) is 0.812. The van der Waals surface area contributed by atoms with Crippen LogP contribution < -0.4 is 74.6 Å². The monoisotopic (exact) mass is 377 g/mol. The minimum atomic E-state index is -1.61. The average molecular weight is 377 g/mol. The standard InChI is InChI=1S/C16H29NO5.2Na.H2O/c1-2-3-4-5-6-7-8-9-10-11-14(18)17-13(16(21)22)12-15(19)20;;;/h13H,2-12H2,1H3,(H,17,18)(H,19,20)(H,21,22);;;1H2/q;2*+1;/p-2/t13-;;;/m0.../s1. The topological polar surface area (TPSA) is 141 Å². The van der Waals surface area contributed by atoms with E-state index in [0.717, 1.165) is 19.3 Å². The molecule has 0 saturated heterocycles. The van der Waals surface area contributed by atoms with Gasteiger partial charge < -0.3 is 30.6 Å². The average Bonchev–Trinajstić information content (AvgIpc) is 2.44. The summed E-state index contributed by atoms with van der Waals surface area (Å²) in [5, 5.41) is 23.2. The van der Waals surface area contributed by atoms with Crippen molar-refractivity contribution in [3.8, 4) is 0 Å². The first-order chi connectivity index (χ1) is 10.5. The molecular weight excluding hydrogens is 348 g/mol. The van der Waals surface area contributed by atoms with Crippen molar-refractivity contribution < 1.29 is 89.2 Å². The van der Waals surface area contributed by atoms with Gasteiger partial charge in [0, 0.05) is 18.8 Å². The second-order valence-electron chi connectivity index (χ2n) is 5.59. The second-order valence-corrected chi connectivity index (χ2v) is 5.59. The van der Waals surface area contributed by atoms with Crippen LogP contribution in [0.5, 0.6) is 0 Å². The molecular formula is C16H29NNa2O6. The predicted octanol–water partition coefficient (Wildman–Crippen LogP) is -6.53. The van der Waals surface area contributed by atoms with E-state index in [0.29, 0.717) is 6.42 Å². The third kappa shape index (κ3) is 22.3.